The summed E-state index contributed by atoms with van der Waals surface area (Å²) in [5, 5.41) is 0. The maximum absolute atomic E-state index is 5.49. The van der Waals surface area contributed by atoms with Crippen LogP contribution in [0.2, 0.25) is 0 Å². The molecule has 1 unspecified atom stereocenters. The second kappa shape index (κ2) is 3.86. The number of hydrazine groups is 1. The van der Waals surface area contributed by atoms with Gasteiger partial charge in [-0.25, -0.2) is 5.43 Å². The molecule has 0 amide bonds. The molecule has 0 spiro atoms. The van der Waals surface area contributed by atoms with Gasteiger partial charge in [-0.15, -0.1) is 0 Å². The van der Waals surface area contributed by atoms with E-state index in [-0.39, 0.29) is 6.04 Å². The summed E-state index contributed by atoms with van der Waals surface area (Å²) in [6, 6.07) is 3.66. The molecular formula is C10H14N2O2. The van der Waals surface area contributed by atoms with Gasteiger partial charge in [0.15, 0.2) is 0 Å². The molecule has 0 aromatic carbocycles. The minimum Gasteiger partial charge on any atom is -0.496 e. The Kier molecular flexibility index (Phi) is 2.56. The average molecular weight is 194 g/mol. The lowest BCUT2D eigenvalue weighted by atomic mass is 10.2. The molecule has 1 aliphatic rings. The van der Waals surface area contributed by atoms with Gasteiger partial charge in [0.05, 0.1) is 6.61 Å². The lowest BCUT2D eigenvalue weighted by Gasteiger charge is -2.14. The van der Waals surface area contributed by atoms with Crippen molar-refractivity contribution in [1.29, 1.82) is 0 Å². The Balaban J connectivity index is 2.20. The molecule has 4 nitrogen and oxygen atoms in total. The van der Waals surface area contributed by atoms with Crippen LogP contribution in [-0.4, -0.2) is 6.61 Å². The van der Waals surface area contributed by atoms with E-state index in [0.29, 0.717) is 0 Å². The molecular weight excluding hydrogens is 180 g/mol. The molecule has 3 N–H and O–H groups in total. The summed E-state index contributed by atoms with van der Waals surface area (Å²) in [5.41, 5.74) is 2.69. The van der Waals surface area contributed by atoms with Crippen molar-refractivity contribution in [3.63, 3.8) is 0 Å². The molecule has 0 fully saturated rings. The number of aryl methyl sites for hydroxylation is 1. The predicted molar refractivity (Wildman–Crippen MR) is 52.2 cm³/mol. The fraction of sp³-hybridized carbons (Fsp3) is 0.400. The van der Waals surface area contributed by atoms with E-state index in [1.54, 1.807) is 0 Å². The molecule has 0 saturated heterocycles. The largest absolute Gasteiger partial charge is 0.496 e. The van der Waals surface area contributed by atoms with Crippen molar-refractivity contribution < 1.29 is 9.15 Å². The smallest absolute Gasteiger partial charge is 0.136 e. The van der Waals surface area contributed by atoms with Crippen molar-refractivity contribution in [2.24, 2.45) is 5.84 Å². The predicted octanol–water partition coefficient (Wildman–Crippen LogP) is 1.40. The first-order chi connectivity index (χ1) is 6.81. The van der Waals surface area contributed by atoms with Gasteiger partial charge in [-0.05, 0) is 25.1 Å². The second-order valence-corrected chi connectivity index (χ2v) is 3.29. The third-order valence-corrected chi connectivity index (χ3v) is 2.23. The number of nitrogens with one attached hydrogen (secondary N) is 1. The maximum Gasteiger partial charge on any atom is 0.136 e. The summed E-state index contributed by atoms with van der Waals surface area (Å²) in [7, 11) is 0. The molecule has 76 valence electrons. The highest BCUT2D eigenvalue weighted by atomic mass is 16.5. The van der Waals surface area contributed by atoms with E-state index >= 15 is 0 Å². The van der Waals surface area contributed by atoms with Crippen LogP contribution in [0.15, 0.2) is 28.4 Å². The highest BCUT2D eigenvalue weighted by Crippen LogP contribution is 2.26. The summed E-state index contributed by atoms with van der Waals surface area (Å²) < 4.78 is 10.9. The summed E-state index contributed by atoms with van der Waals surface area (Å²) in [4.78, 5) is 0. The minimum absolute atomic E-state index is 0.161. The van der Waals surface area contributed by atoms with Crippen molar-refractivity contribution >= 4 is 0 Å². The molecule has 0 saturated carbocycles. The Labute approximate surface area is 82.7 Å². The van der Waals surface area contributed by atoms with Crippen LogP contribution < -0.4 is 11.3 Å². The van der Waals surface area contributed by atoms with Crippen LogP contribution in [0, 0.1) is 6.92 Å². The Morgan fingerprint density at radius 2 is 2.36 bits per heavy atom. The third kappa shape index (κ3) is 1.66. The minimum atomic E-state index is -0.161. The van der Waals surface area contributed by atoms with Crippen LogP contribution in [-0.2, 0) is 4.74 Å². The van der Waals surface area contributed by atoms with Crippen LogP contribution in [0.3, 0.4) is 0 Å². The fourth-order valence-corrected chi connectivity index (χ4v) is 1.55. The van der Waals surface area contributed by atoms with Gasteiger partial charge in [0.25, 0.3) is 0 Å². The van der Waals surface area contributed by atoms with E-state index < -0.39 is 0 Å². The topological polar surface area (TPSA) is 60.4 Å². The number of rotatable bonds is 3. The van der Waals surface area contributed by atoms with E-state index in [9.17, 15) is 0 Å². The first kappa shape index (κ1) is 9.30. The highest BCUT2D eigenvalue weighted by Gasteiger charge is 2.22. The summed E-state index contributed by atoms with van der Waals surface area (Å²) >= 11 is 0. The van der Waals surface area contributed by atoms with Gasteiger partial charge in [-0.2, -0.15) is 0 Å². The van der Waals surface area contributed by atoms with Gasteiger partial charge in [-0.3, -0.25) is 5.84 Å². The molecule has 2 rings (SSSR count). The van der Waals surface area contributed by atoms with Gasteiger partial charge < -0.3 is 9.15 Å². The van der Waals surface area contributed by atoms with Crippen LogP contribution >= 0.6 is 0 Å². The molecule has 1 aromatic heterocycles. The van der Waals surface area contributed by atoms with E-state index in [2.05, 4.69) is 5.43 Å². The molecule has 14 heavy (non-hydrogen) atoms. The van der Waals surface area contributed by atoms with Gasteiger partial charge >= 0.3 is 0 Å². The quantitative estimate of drug-likeness (QED) is 0.564. The summed E-state index contributed by atoms with van der Waals surface area (Å²) in [6.07, 6.45) is 2.97. The van der Waals surface area contributed by atoms with Crippen LogP contribution in [0.1, 0.15) is 24.0 Å². The number of nitrogens with two attached hydrogens (primary N) is 1. The van der Waals surface area contributed by atoms with Gasteiger partial charge in [0, 0.05) is 6.42 Å². The molecule has 0 radical (unpaired) electrons. The third-order valence-electron chi connectivity index (χ3n) is 2.23. The van der Waals surface area contributed by atoms with E-state index in [1.165, 1.54) is 0 Å². The lowest BCUT2D eigenvalue weighted by molar-refractivity contribution is 0.207. The SMILES string of the molecule is Cc1ccc(C(NN)C2=CCCO2)o1. The van der Waals surface area contributed by atoms with Gasteiger partial charge in [0.1, 0.15) is 23.3 Å². The molecule has 4 heteroatoms. The summed E-state index contributed by atoms with van der Waals surface area (Å²) in [5.74, 6) is 7.98. The monoisotopic (exact) mass is 194 g/mol. The van der Waals surface area contributed by atoms with Gasteiger partial charge in [-0.1, -0.05) is 0 Å². The summed E-state index contributed by atoms with van der Waals surface area (Å²) in [6.45, 7) is 2.63. The van der Waals surface area contributed by atoms with Crippen molar-refractivity contribution in [2.75, 3.05) is 6.61 Å². The molecule has 1 aliphatic heterocycles. The number of furan rings is 1. The van der Waals surface area contributed by atoms with Crippen LogP contribution in [0.5, 0.6) is 0 Å². The van der Waals surface area contributed by atoms with Crippen molar-refractivity contribution in [1.82, 2.24) is 5.43 Å². The molecule has 1 atom stereocenters. The van der Waals surface area contributed by atoms with Crippen molar-refractivity contribution in [3.05, 3.63) is 35.5 Å². The Hall–Kier alpha value is -1.26. The lowest BCUT2D eigenvalue weighted by Crippen LogP contribution is -2.29. The Morgan fingerprint density at radius 1 is 1.50 bits per heavy atom. The van der Waals surface area contributed by atoms with E-state index in [4.69, 9.17) is 15.0 Å². The van der Waals surface area contributed by atoms with E-state index in [0.717, 1.165) is 30.3 Å². The zero-order valence-corrected chi connectivity index (χ0v) is 8.12. The Morgan fingerprint density at radius 3 is 2.86 bits per heavy atom. The van der Waals surface area contributed by atoms with Crippen molar-refractivity contribution in [3.8, 4) is 0 Å². The zero-order chi connectivity index (χ0) is 9.97. The first-order valence-electron chi connectivity index (χ1n) is 4.66. The number of hydrogen-bond acceptors (Lipinski definition) is 4. The fourth-order valence-electron chi connectivity index (χ4n) is 1.55. The zero-order valence-electron chi connectivity index (χ0n) is 8.12. The first-order valence-corrected chi connectivity index (χ1v) is 4.66. The molecule has 0 aliphatic carbocycles. The average Bonchev–Trinajstić information content (AvgIpc) is 2.79. The standard InChI is InChI=1S/C10H14N2O2/c1-7-4-5-9(14-7)10(12-11)8-3-2-6-13-8/h3-5,10,12H,2,6,11H2,1H3. The van der Waals surface area contributed by atoms with Crippen LogP contribution in [0.25, 0.3) is 0 Å². The van der Waals surface area contributed by atoms with Crippen LogP contribution in [0.4, 0.5) is 0 Å². The maximum atomic E-state index is 5.49. The normalized spacial score (nSPS) is 17.7. The molecule has 1 aromatic rings. The number of ether oxygens (including phenoxy) is 1. The number of hydrogen-bond donors (Lipinski definition) is 2. The highest BCUT2D eigenvalue weighted by molar-refractivity contribution is 5.19. The van der Waals surface area contributed by atoms with Crippen molar-refractivity contribution in [2.45, 2.75) is 19.4 Å². The van der Waals surface area contributed by atoms with E-state index in [1.807, 2.05) is 25.1 Å². The molecule has 2 heterocycles. The van der Waals surface area contributed by atoms with Gasteiger partial charge in [0.2, 0.25) is 0 Å². The Bertz CT molecular complexity index is 344. The molecule has 0 bridgehead atoms. The second-order valence-electron chi connectivity index (χ2n) is 3.29.